The van der Waals surface area contributed by atoms with Crippen molar-refractivity contribution >= 4 is 5.69 Å². The number of pyridine rings is 1. The van der Waals surface area contributed by atoms with Crippen molar-refractivity contribution in [1.29, 1.82) is 0 Å². The average Bonchev–Trinajstić information content (AvgIpc) is 2.27. The van der Waals surface area contributed by atoms with Gasteiger partial charge >= 0.3 is 0 Å². The van der Waals surface area contributed by atoms with Crippen molar-refractivity contribution in [2.75, 3.05) is 5.73 Å². The molecule has 1 aromatic heterocycles. The zero-order chi connectivity index (χ0) is 11.5. The summed E-state index contributed by atoms with van der Waals surface area (Å²) in [6, 6.07) is 7.90. The average molecular weight is 218 g/mol. The van der Waals surface area contributed by atoms with Crippen molar-refractivity contribution in [3.05, 3.63) is 47.9 Å². The lowest BCUT2D eigenvalue weighted by molar-refractivity contribution is 0.463. The van der Waals surface area contributed by atoms with E-state index in [1.54, 1.807) is 31.3 Å². The zero-order valence-corrected chi connectivity index (χ0v) is 8.77. The minimum atomic E-state index is -0.263. The molecule has 2 N–H and O–H groups in total. The van der Waals surface area contributed by atoms with Gasteiger partial charge in [-0.2, -0.15) is 0 Å². The van der Waals surface area contributed by atoms with E-state index in [-0.39, 0.29) is 5.82 Å². The number of rotatable bonds is 2. The predicted octanol–water partition coefficient (Wildman–Crippen LogP) is 2.90. The Balaban J connectivity index is 2.28. The summed E-state index contributed by atoms with van der Waals surface area (Å²) in [6.45, 7) is 1.67. The number of hydrogen-bond donors (Lipinski definition) is 1. The molecule has 0 aliphatic rings. The Morgan fingerprint density at radius 2 is 2.12 bits per heavy atom. The van der Waals surface area contributed by atoms with Gasteiger partial charge in [-0.3, -0.25) is 0 Å². The molecule has 2 aromatic rings. The number of anilines is 1. The standard InChI is InChI=1S/C12H11FN2O/c1-8-7-9(4-5-10(8)13)16-12-11(14)3-2-6-15-12/h2-7H,14H2,1H3. The maximum Gasteiger partial charge on any atom is 0.242 e. The summed E-state index contributed by atoms with van der Waals surface area (Å²) < 4.78 is 18.5. The molecule has 0 atom stereocenters. The van der Waals surface area contributed by atoms with Gasteiger partial charge in [-0.25, -0.2) is 9.37 Å². The molecule has 1 heterocycles. The SMILES string of the molecule is Cc1cc(Oc2ncccc2N)ccc1F. The number of ether oxygens (including phenoxy) is 1. The van der Waals surface area contributed by atoms with Gasteiger partial charge in [0.2, 0.25) is 5.88 Å². The Morgan fingerprint density at radius 3 is 2.81 bits per heavy atom. The van der Waals surface area contributed by atoms with Crippen LogP contribution in [0.2, 0.25) is 0 Å². The Hall–Kier alpha value is -2.10. The third kappa shape index (κ3) is 2.11. The fraction of sp³-hybridized carbons (Fsp3) is 0.0833. The second-order valence-corrected chi connectivity index (χ2v) is 3.41. The van der Waals surface area contributed by atoms with Gasteiger partial charge in [0.05, 0.1) is 5.69 Å². The van der Waals surface area contributed by atoms with Crippen molar-refractivity contribution in [3.8, 4) is 11.6 Å². The normalized spacial score (nSPS) is 10.1. The minimum Gasteiger partial charge on any atom is -0.437 e. The van der Waals surface area contributed by atoms with Crippen molar-refractivity contribution in [2.45, 2.75) is 6.92 Å². The maximum atomic E-state index is 13.0. The summed E-state index contributed by atoms with van der Waals surface area (Å²) in [5.41, 5.74) is 6.64. The van der Waals surface area contributed by atoms with Crippen molar-refractivity contribution in [3.63, 3.8) is 0 Å². The van der Waals surface area contributed by atoms with Crippen LogP contribution in [0.3, 0.4) is 0 Å². The Kier molecular flexibility index (Phi) is 2.72. The van der Waals surface area contributed by atoms with Crippen LogP contribution in [0.1, 0.15) is 5.56 Å². The Labute approximate surface area is 92.7 Å². The topological polar surface area (TPSA) is 48.1 Å². The highest BCUT2D eigenvalue weighted by Gasteiger charge is 2.04. The number of hydrogen-bond acceptors (Lipinski definition) is 3. The number of nitrogens with two attached hydrogens (primary N) is 1. The first-order chi connectivity index (χ1) is 7.66. The predicted molar refractivity (Wildman–Crippen MR) is 59.9 cm³/mol. The molecule has 1 aromatic carbocycles. The van der Waals surface area contributed by atoms with Crippen LogP contribution < -0.4 is 10.5 Å². The molecule has 4 heteroatoms. The van der Waals surface area contributed by atoms with Crippen LogP contribution in [0.15, 0.2) is 36.5 Å². The quantitative estimate of drug-likeness (QED) is 0.843. The van der Waals surface area contributed by atoms with Crippen molar-refractivity contribution < 1.29 is 9.13 Å². The summed E-state index contributed by atoms with van der Waals surface area (Å²) in [7, 11) is 0. The second kappa shape index (κ2) is 4.18. The van der Waals surface area contributed by atoms with Gasteiger partial charge in [0.15, 0.2) is 0 Å². The van der Waals surface area contributed by atoms with E-state index in [2.05, 4.69) is 4.98 Å². The van der Waals surface area contributed by atoms with Crippen molar-refractivity contribution in [1.82, 2.24) is 4.98 Å². The summed E-state index contributed by atoms with van der Waals surface area (Å²) in [5.74, 6) is 0.583. The number of halogens is 1. The lowest BCUT2D eigenvalue weighted by atomic mass is 10.2. The summed E-state index contributed by atoms with van der Waals surface area (Å²) in [6.07, 6.45) is 1.59. The molecular weight excluding hydrogens is 207 g/mol. The second-order valence-electron chi connectivity index (χ2n) is 3.41. The number of nitrogen functional groups attached to an aromatic ring is 1. The fourth-order valence-electron chi connectivity index (χ4n) is 1.28. The molecular formula is C12H11FN2O. The van der Waals surface area contributed by atoms with E-state index in [0.29, 0.717) is 22.9 Å². The molecule has 0 saturated carbocycles. The fourth-order valence-corrected chi connectivity index (χ4v) is 1.28. The summed E-state index contributed by atoms with van der Waals surface area (Å²) >= 11 is 0. The van der Waals surface area contributed by atoms with Gasteiger partial charge < -0.3 is 10.5 Å². The molecule has 16 heavy (non-hydrogen) atoms. The van der Waals surface area contributed by atoms with E-state index in [1.165, 1.54) is 12.1 Å². The summed E-state index contributed by atoms with van der Waals surface area (Å²) in [5, 5.41) is 0. The van der Waals surface area contributed by atoms with Crippen LogP contribution >= 0.6 is 0 Å². The first kappa shape index (κ1) is 10.4. The molecule has 0 spiro atoms. The molecule has 0 radical (unpaired) electrons. The Bertz CT molecular complexity index is 514. The van der Waals surface area contributed by atoms with Crippen LogP contribution in [-0.4, -0.2) is 4.98 Å². The lowest BCUT2D eigenvalue weighted by Gasteiger charge is -2.07. The van der Waals surface area contributed by atoms with Gasteiger partial charge in [0, 0.05) is 6.20 Å². The van der Waals surface area contributed by atoms with E-state index in [9.17, 15) is 4.39 Å². The number of nitrogens with zero attached hydrogens (tertiary/aromatic N) is 1. The molecule has 3 nitrogen and oxygen atoms in total. The van der Waals surface area contributed by atoms with E-state index < -0.39 is 0 Å². The van der Waals surface area contributed by atoms with Crippen LogP contribution in [-0.2, 0) is 0 Å². The molecule has 0 fully saturated rings. The summed E-state index contributed by atoms with van der Waals surface area (Å²) in [4.78, 5) is 3.98. The zero-order valence-electron chi connectivity index (χ0n) is 8.77. The van der Waals surface area contributed by atoms with Gasteiger partial charge in [0.1, 0.15) is 11.6 Å². The third-order valence-electron chi connectivity index (χ3n) is 2.14. The molecule has 0 unspecified atom stereocenters. The van der Waals surface area contributed by atoms with Gasteiger partial charge in [-0.1, -0.05) is 0 Å². The first-order valence-electron chi connectivity index (χ1n) is 4.81. The minimum absolute atomic E-state index is 0.263. The monoisotopic (exact) mass is 218 g/mol. The highest BCUT2D eigenvalue weighted by atomic mass is 19.1. The molecule has 82 valence electrons. The number of benzene rings is 1. The number of aromatic nitrogens is 1. The van der Waals surface area contributed by atoms with E-state index >= 15 is 0 Å². The lowest BCUT2D eigenvalue weighted by Crippen LogP contribution is -1.94. The van der Waals surface area contributed by atoms with Crippen LogP contribution in [0.4, 0.5) is 10.1 Å². The maximum absolute atomic E-state index is 13.0. The number of aryl methyl sites for hydroxylation is 1. The smallest absolute Gasteiger partial charge is 0.242 e. The molecule has 2 rings (SSSR count). The first-order valence-corrected chi connectivity index (χ1v) is 4.81. The highest BCUT2D eigenvalue weighted by molar-refractivity contribution is 5.49. The third-order valence-corrected chi connectivity index (χ3v) is 2.14. The van der Waals surface area contributed by atoms with Crippen molar-refractivity contribution in [2.24, 2.45) is 0 Å². The van der Waals surface area contributed by atoms with E-state index in [4.69, 9.17) is 10.5 Å². The molecule has 0 bridgehead atoms. The molecule has 0 saturated heterocycles. The molecule has 0 amide bonds. The largest absolute Gasteiger partial charge is 0.437 e. The van der Waals surface area contributed by atoms with Gasteiger partial charge in [0.25, 0.3) is 0 Å². The molecule has 0 aliphatic carbocycles. The Morgan fingerprint density at radius 1 is 1.31 bits per heavy atom. The van der Waals surface area contributed by atoms with Crippen LogP contribution in [0, 0.1) is 12.7 Å². The molecule has 0 aliphatic heterocycles. The highest BCUT2D eigenvalue weighted by Crippen LogP contribution is 2.25. The van der Waals surface area contributed by atoms with Gasteiger partial charge in [-0.05, 0) is 42.8 Å². The van der Waals surface area contributed by atoms with E-state index in [0.717, 1.165) is 0 Å². The van der Waals surface area contributed by atoms with E-state index in [1.807, 2.05) is 0 Å². The van der Waals surface area contributed by atoms with Crippen LogP contribution in [0.25, 0.3) is 0 Å². The van der Waals surface area contributed by atoms with Crippen LogP contribution in [0.5, 0.6) is 11.6 Å². The van der Waals surface area contributed by atoms with Gasteiger partial charge in [-0.15, -0.1) is 0 Å².